The van der Waals surface area contributed by atoms with Gasteiger partial charge in [-0.15, -0.1) is 0 Å². The molecule has 0 saturated carbocycles. The van der Waals surface area contributed by atoms with Crippen LogP contribution in [0.15, 0.2) is 53.0 Å². The first-order valence-electron chi connectivity index (χ1n) is 9.28. The van der Waals surface area contributed by atoms with E-state index in [0.29, 0.717) is 51.2 Å². The van der Waals surface area contributed by atoms with Gasteiger partial charge in [0.2, 0.25) is 5.91 Å². The summed E-state index contributed by atoms with van der Waals surface area (Å²) in [5.41, 5.74) is 0.298. The van der Waals surface area contributed by atoms with Crippen LogP contribution in [0.1, 0.15) is 23.2 Å². The maximum atomic E-state index is 12.5. The Morgan fingerprint density at radius 3 is 2.32 bits per heavy atom. The van der Waals surface area contributed by atoms with Crippen LogP contribution in [0.4, 0.5) is 0 Å². The molecule has 6 nitrogen and oxygen atoms in total. The molecule has 1 saturated heterocycles. The van der Waals surface area contributed by atoms with Crippen molar-refractivity contribution in [3.63, 3.8) is 0 Å². The average molecular weight is 447 g/mol. The van der Waals surface area contributed by atoms with Gasteiger partial charge in [-0.3, -0.25) is 9.59 Å². The largest absolute Gasteiger partial charge is 0.507 e. The molecule has 2 amide bonds. The van der Waals surface area contributed by atoms with Crippen LogP contribution in [-0.2, 0) is 4.79 Å². The number of carbonyl (C=O) groups is 2. The average Bonchev–Trinajstić information content (AvgIpc) is 2.72. The lowest BCUT2D eigenvalue weighted by atomic mass is 10.1. The summed E-state index contributed by atoms with van der Waals surface area (Å²) >= 11 is 3.43. The Labute approximate surface area is 172 Å². The first-order chi connectivity index (χ1) is 13.6. The molecule has 148 valence electrons. The third kappa shape index (κ3) is 5.04. The summed E-state index contributed by atoms with van der Waals surface area (Å²) in [6.07, 6.45) is 1.05. The van der Waals surface area contributed by atoms with Crippen LogP contribution in [0.5, 0.6) is 11.5 Å². The van der Waals surface area contributed by atoms with Crippen molar-refractivity contribution in [2.24, 2.45) is 0 Å². The van der Waals surface area contributed by atoms with Gasteiger partial charge in [0, 0.05) is 32.6 Å². The number of rotatable bonds is 6. The molecule has 0 unspecified atom stereocenters. The second kappa shape index (κ2) is 9.59. The molecule has 2 aromatic rings. The molecule has 0 radical (unpaired) electrons. The number of phenolic OH excluding ortho intramolecular Hbond substituents is 1. The van der Waals surface area contributed by atoms with Crippen molar-refractivity contribution in [2.45, 2.75) is 12.8 Å². The van der Waals surface area contributed by atoms with E-state index in [9.17, 15) is 14.7 Å². The number of nitrogens with zero attached hydrogens (tertiary/aromatic N) is 2. The van der Waals surface area contributed by atoms with E-state index >= 15 is 0 Å². The van der Waals surface area contributed by atoms with Crippen molar-refractivity contribution in [1.29, 1.82) is 0 Å². The highest BCUT2D eigenvalue weighted by atomic mass is 79.9. The van der Waals surface area contributed by atoms with Gasteiger partial charge in [-0.25, -0.2) is 0 Å². The lowest BCUT2D eigenvalue weighted by Gasteiger charge is -2.35. The van der Waals surface area contributed by atoms with E-state index in [1.165, 1.54) is 6.07 Å². The van der Waals surface area contributed by atoms with E-state index in [1.807, 2.05) is 24.3 Å². The normalized spacial score (nSPS) is 14.0. The van der Waals surface area contributed by atoms with E-state index in [0.717, 1.165) is 10.2 Å². The van der Waals surface area contributed by atoms with Gasteiger partial charge in [-0.1, -0.05) is 24.3 Å². The summed E-state index contributed by atoms with van der Waals surface area (Å²) in [5, 5.41) is 9.84. The molecule has 3 rings (SSSR count). The molecule has 28 heavy (non-hydrogen) atoms. The number of para-hydroxylation sites is 2. The van der Waals surface area contributed by atoms with Crippen molar-refractivity contribution in [1.82, 2.24) is 9.80 Å². The van der Waals surface area contributed by atoms with E-state index in [-0.39, 0.29) is 17.6 Å². The number of halogens is 1. The van der Waals surface area contributed by atoms with E-state index < -0.39 is 0 Å². The van der Waals surface area contributed by atoms with Crippen molar-refractivity contribution in [2.75, 3.05) is 32.8 Å². The molecule has 0 aliphatic carbocycles. The molecule has 1 aliphatic heterocycles. The molecule has 1 heterocycles. The maximum Gasteiger partial charge on any atom is 0.257 e. The number of aromatic hydroxyl groups is 1. The number of benzene rings is 2. The smallest absolute Gasteiger partial charge is 0.257 e. The van der Waals surface area contributed by atoms with Crippen LogP contribution in [-0.4, -0.2) is 59.5 Å². The van der Waals surface area contributed by atoms with Gasteiger partial charge in [0.25, 0.3) is 5.91 Å². The SMILES string of the molecule is O=C(CCCOc1ccccc1Br)N1CCN(C(=O)c2ccccc2O)CC1. The predicted octanol–water partition coefficient (Wildman–Crippen LogP) is 3.30. The van der Waals surface area contributed by atoms with Gasteiger partial charge in [0.15, 0.2) is 0 Å². The third-order valence-electron chi connectivity index (χ3n) is 4.68. The van der Waals surface area contributed by atoms with E-state index in [2.05, 4.69) is 15.9 Å². The highest BCUT2D eigenvalue weighted by molar-refractivity contribution is 9.10. The maximum absolute atomic E-state index is 12.5. The first kappa shape index (κ1) is 20.2. The second-order valence-corrected chi connectivity index (χ2v) is 7.43. The Morgan fingerprint density at radius 2 is 1.61 bits per heavy atom. The van der Waals surface area contributed by atoms with Crippen LogP contribution in [0.3, 0.4) is 0 Å². The van der Waals surface area contributed by atoms with Crippen LogP contribution in [0.2, 0.25) is 0 Å². The Hall–Kier alpha value is -2.54. The minimum absolute atomic E-state index is 0.0175. The number of hydrogen-bond acceptors (Lipinski definition) is 4. The molecule has 0 spiro atoms. The number of piperazine rings is 1. The Kier molecular flexibility index (Phi) is 6.92. The van der Waals surface area contributed by atoms with Gasteiger partial charge < -0.3 is 19.6 Å². The molecule has 1 fully saturated rings. The lowest BCUT2D eigenvalue weighted by Crippen LogP contribution is -2.50. The van der Waals surface area contributed by atoms with Crippen molar-refractivity contribution in [3.05, 3.63) is 58.6 Å². The van der Waals surface area contributed by atoms with Gasteiger partial charge in [0.05, 0.1) is 16.6 Å². The monoisotopic (exact) mass is 446 g/mol. The number of carbonyl (C=O) groups excluding carboxylic acids is 2. The Morgan fingerprint density at radius 1 is 0.964 bits per heavy atom. The van der Waals surface area contributed by atoms with Gasteiger partial charge in [-0.2, -0.15) is 0 Å². The molecule has 1 aliphatic rings. The minimum Gasteiger partial charge on any atom is -0.507 e. The van der Waals surface area contributed by atoms with Crippen LogP contribution < -0.4 is 4.74 Å². The van der Waals surface area contributed by atoms with E-state index in [4.69, 9.17) is 4.74 Å². The molecular weight excluding hydrogens is 424 g/mol. The summed E-state index contributed by atoms with van der Waals surface area (Å²) < 4.78 is 6.58. The molecule has 0 atom stereocenters. The standard InChI is InChI=1S/C21H23BrN2O4/c22-17-7-2-4-9-19(17)28-15-5-10-20(26)23-11-13-24(14-12-23)21(27)16-6-1-3-8-18(16)25/h1-4,6-9,25H,5,10-15H2. The highest BCUT2D eigenvalue weighted by Crippen LogP contribution is 2.24. The van der Waals surface area contributed by atoms with Gasteiger partial charge in [-0.05, 0) is 46.6 Å². The Bertz CT molecular complexity index is 835. The van der Waals surface area contributed by atoms with Crippen molar-refractivity contribution in [3.8, 4) is 11.5 Å². The third-order valence-corrected chi connectivity index (χ3v) is 5.34. The fourth-order valence-electron chi connectivity index (χ4n) is 3.11. The molecule has 0 aromatic heterocycles. The van der Waals surface area contributed by atoms with Crippen LogP contribution in [0.25, 0.3) is 0 Å². The zero-order valence-corrected chi connectivity index (χ0v) is 17.1. The van der Waals surface area contributed by atoms with Crippen LogP contribution >= 0.6 is 15.9 Å². The summed E-state index contributed by atoms with van der Waals surface area (Å²) in [7, 11) is 0. The predicted molar refractivity (Wildman–Crippen MR) is 109 cm³/mol. The van der Waals surface area contributed by atoms with Gasteiger partial charge in [0.1, 0.15) is 11.5 Å². The first-order valence-corrected chi connectivity index (χ1v) is 10.1. The number of phenols is 1. The zero-order valence-electron chi connectivity index (χ0n) is 15.5. The summed E-state index contributed by atoms with van der Waals surface area (Å²) in [6.45, 7) is 2.41. The molecule has 0 bridgehead atoms. The lowest BCUT2D eigenvalue weighted by molar-refractivity contribution is -0.132. The number of hydrogen-bond donors (Lipinski definition) is 1. The number of ether oxygens (including phenoxy) is 1. The zero-order chi connectivity index (χ0) is 19.9. The number of amides is 2. The highest BCUT2D eigenvalue weighted by Gasteiger charge is 2.25. The fraction of sp³-hybridized carbons (Fsp3) is 0.333. The second-order valence-electron chi connectivity index (χ2n) is 6.57. The molecular formula is C21H23BrN2O4. The van der Waals surface area contributed by atoms with Crippen molar-refractivity contribution < 1.29 is 19.4 Å². The van der Waals surface area contributed by atoms with Crippen LogP contribution in [0, 0.1) is 0 Å². The summed E-state index contributed by atoms with van der Waals surface area (Å²) in [4.78, 5) is 28.4. The quantitative estimate of drug-likeness (QED) is 0.691. The minimum atomic E-state index is -0.202. The summed E-state index contributed by atoms with van der Waals surface area (Å²) in [5.74, 6) is 0.625. The van der Waals surface area contributed by atoms with E-state index in [1.54, 1.807) is 28.0 Å². The molecule has 7 heteroatoms. The van der Waals surface area contributed by atoms with Gasteiger partial charge >= 0.3 is 0 Å². The molecule has 1 N–H and O–H groups in total. The fourth-order valence-corrected chi connectivity index (χ4v) is 3.51. The Balaban J connectivity index is 1.41. The summed E-state index contributed by atoms with van der Waals surface area (Å²) in [6, 6.07) is 14.1. The van der Waals surface area contributed by atoms with Crippen molar-refractivity contribution >= 4 is 27.7 Å². The topological polar surface area (TPSA) is 70.1 Å². The molecule has 2 aromatic carbocycles.